The zero-order valence-electron chi connectivity index (χ0n) is 10.9. The van der Waals surface area contributed by atoms with Crippen LogP contribution in [0.3, 0.4) is 0 Å². The second-order valence-electron chi connectivity index (χ2n) is 4.23. The average molecular weight is 359 g/mol. The summed E-state index contributed by atoms with van der Waals surface area (Å²) in [6.07, 6.45) is -4.48. The number of ether oxygens (including phenoxy) is 1. The van der Waals surface area contributed by atoms with Gasteiger partial charge in [0.25, 0.3) is 0 Å². The minimum absolute atomic E-state index is 0.0469. The predicted molar refractivity (Wildman–Crippen MR) is 75.9 cm³/mol. The van der Waals surface area contributed by atoms with E-state index in [4.69, 9.17) is 0 Å². The van der Waals surface area contributed by atoms with Crippen molar-refractivity contribution in [3.8, 4) is 11.1 Å². The van der Waals surface area contributed by atoms with Gasteiger partial charge in [-0.25, -0.2) is 4.79 Å². The van der Waals surface area contributed by atoms with Crippen molar-refractivity contribution < 1.29 is 22.7 Å². The van der Waals surface area contributed by atoms with E-state index in [-0.39, 0.29) is 10.0 Å². The third-order valence-corrected chi connectivity index (χ3v) is 3.61. The van der Waals surface area contributed by atoms with Crippen molar-refractivity contribution in [1.82, 2.24) is 0 Å². The molecule has 0 radical (unpaired) electrons. The molecular formula is C15H10BrF3O2. The second kappa shape index (κ2) is 5.89. The van der Waals surface area contributed by atoms with Crippen LogP contribution in [0.5, 0.6) is 0 Å². The highest BCUT2D eigenvalue weighted by Crippen LogP contribution is 2.38. The number of esters is 1. The Labute approximate surface area is 127 Å². The molecule has 0 aromatic heterocycles. The third-order valence-electron chi connectivity index (χ3n) is 2.92. The fourth-order valence-electron chi connectivity index (χ4n) is 1.93. The van der Waals surface area contributed by atoms with E-state index < -0.39 is 17.7 Å². The third kappa shape index (κ3) is 3.26. The highest BCUT2D eigenvalue weighted by Gasteiger charge is 2.33. The van der Waals surface area contributed by atoms with Crippen molar-refractivity contribution in [2.24, 2.45) is 0 Å². The van der Waals surface area contributed by atoms with Crippen LogP contribution in [-0.4, -0.2) is 13.1 Å². The van der Waals surface area contributed by atoms with Gasteiger partial charge in [-0.05, 0) is 29.3 Å². The summed E-state index contributed by atoms with van der Waals surface area (Å²) in [7, 11) is 1.22. The Kier molecular flexibility index (Phi) is 4.37. The molecule has 2 aromatic carbocycles. The van der Waals surface area contributed by atoms with Crippen LogP contribution in [0.4, 0.5) is 13.2 Å². The Morgan fingerprint density at radius 2 is 1.81 bits per heavy atom. The molecule has 6 heteroatoms. The van der Waals surface area contributed by atoms with Crippen LogP contribution in [0.25, 0.3) is 11.1 Å². The van der Waals surface area contributed by atoms with Crippen LogP contribution in [0.15, 0.2) is 46.9 Å². The van der Waals surface area contributed by atoms with Gasteiger partial charge in [-0.15, -0.1) is 0 Å². The number of benzene rings is 2. The molecule has 110 valence electrons. The van der Waals surface area contributed by atoms with E-state index >= 15 is 0 Å². The topological polar surface area (TPSA) is 26.3 Å². The quantitative estimate of drug-likeness (QED) is 0.712. The summed E-state index contributed by atoms with van der Waals surface area (Å²) in [4.78, 5) is 11.7. The van der Waals surface area contributed by atoms with E-state index in [0.29, 0.717) is 11.1 Å². The first-order valence-electron chi connectivity index (χ1n) is 5.89. The molecule has 0 N–H and O–H groups in total. The number of carbonyl (C=O) groups is 1. The number of hydrogen-bond donors (Lipinski definition) is 0. The SMILES string of the molecule is COC(=O)c1ccccc1-c1ccc(Br)c(C(F)(F)F)c1. The largest absolute Gasteiger partial charge is 0.465 e. The molecule has 0 aliphatic carbocycles. The number of halogens is 4. The predicted octanol–water partition coefficient (Wildman–Crippen LogP) is 4.92. The molecule has 0 saturated heterocycles. The van der Waals surface area contributed by atoms with Crippen LogP contribution < -0.4 is 0 Å². The lowest BCUT2D eigenvalue weighted by Crippen LogP contribution is -2.07. The van der Waals surface area contributed by atoms with Crippen LogP contribution in [0.2, 0.25) is 0 Å². The number of carbonyl (C=O) groups excluding carboxylic acids is 1. The van der Waals surface area contributed by atoms with Crippen molar-refractivity contribution >= 4 is 21.9 Å². The van der Waals surface area contributed by atoms with Crippen molar-refractivity contribution in [3.05, 3.63) is 58.1 Å². The van der Waals surface area contributed by atoms with E-state index in [1.54, 1.807) is 18.2 Å². The molecular weight excluding hydrogens is 349 g/mol. The van der Waals surface area contributed by atoms with E-state index in [0.717, 1.165) is 6.07 Å². The van der Waals surface area contributed by atoms with Crippen molar-refractivity contribution in [2.75, 3.05) is 7.11 Å². The number of alkyl halides is 3. The molecule has 0 amide bonds. The minimum atomic E-state index is -4.48. The first-order chi connectivity index (χ1) is 9.84. The van der Waals surface area contributed by atoms with Gasteiger partial charge in [-0.3, -0.25) is 0 Å². The molecule has 0 aliphatic rings. The second-order valence-corrected chi connectivity index (χ2v) is 5.08. The van der Waals surface area contributed by atoms with Gasteiger partial charge in [-0.1, -0.05) is 40.2 Å². The van der Waals surface area contributed by atoms with Crippen molar-refractivity contribution in [1.29, 1.82) is 0 Å². The smallest absolute Gasteiger partial charge is 0.417 e. The summed E-state index contributed by atoms with van der Waals surface area (Å²) in [5.74, 6) is -0.595. The fraction of sp³-hybridized carbons (Fsp3) is 0.133. The zero-order valence-corrected chi connectivity index (χ0v) is 12.5. The number of hydrogen-bond acceptors (Lipinski definition) is 2. The molecule has 2 aromatic rings. The highest BCUT2D eigenvalue weighted by molar-refractivity contribution is 9.10. The average Bonchev–Trinajstić information content (AvgIpc) is 2.46. The Morgan fingerprint density at radius 3 is 2.43 bits per heavy atom. The molecule has 0 saturated carbocycles. The normalized spacial score (nSPS) is 11.3. The van der Waals surface area contributed by atoms with Crippen LogP contribution in [-0.2, 0) is 10.9 Å². The van der Waals surface area contributed by atoms with Crippen LogP contribution >= 0.6 is 15.9 Å². The Morgan fingerprint density at radius 1 is 1.14 bits per heavy atom. The summed E-state index contributed by atoms with van der Waals surface area (Å²) in [6.45, 7) is 0. The van der Waals surface area contributed by atoms with Gasteiger partial charge >= 0.3 is 12.1 Å². The maximum Gasteiger partial charge on any atom is 0.417 e. The molecule has 0 heterocycles. The van der Waals surface area contributed by atoms with Gasteiger partial charge in [0.05, 0.1) is 18.2 Å². The van der Waals surface area contributed by atoms with Gasteiger partial charge in [0.2, 0.25) is 0 Å². The molecule has 0 spiro atoms. The standard InChI is InChI=1S/C15H10BrF3O2/c1-21-14(20)11-5-3-2-4-10(11)9-6-7-13(16)12(8-9)15(17,18)19/h2-8H,1H3. The molecule has 2 nitrogen and oxygen atoms in total. The summed E-state index contributed by atoms with van der Waals surface area (Å²) in [5, 5.41) is 0. The van der Waals surface area contributed by atoms with E-state index in [2.05, 4.69) is 20.7 Å². The molecule has 0 unspecified atom stereocenters. The van der Waals surface area contributed by atoms with Gasteiger partial charge in [0, 0.05) is 4.47 Å². The maximum absolute atomic E-state index is 12.9. The number of methoxy groups -OCH3 is 1. The van der Waals surface area contributed by atoms with Crippen molar-refractivity contribution in [3.63, 3.8) is 0 Å². The van der Waals surface area contributed by atoms with E-state index in [1.165, 1.54) is 25.3 Å². The lowest BCUT2D eigenvalue weighted by molar-refractivity contribution is -0.138. The summed E-state index contributed by atoms with van der Waals surface area (Å²) in [5.41, 5.74) is 0.115. The summed E-state index contributed by atoms with van der Waals surface area (Å²) < 4.78 is 43.4. The molecule has 21 heavy (non-hydrogen) atoms. The minimum Gasteiger partial charge on any atom is -0.465 e. The highest BCUT2D eigenvalue weighted by atomic mass is 79.9. The summed E-state index contributed by atoms with van der Waals surface area (Å²) >= 11 is 2.89. The lowest BCUT2D eigenvalue weighted by atomic mass is 9.98. The Balaban J connectivity index is 2.61. The maximum atomic E-state index is 12.9. The fourth-order valence-corrected chi connectivity index (χ4v) is 2.40. The Hall–Kier alpha value is -1.82. The van der Waals surface area contributed by atoms with Gasteiger partial charge in [0.15, 0.2) is 0 Å². The first kappa shape index (κ1) is 15.6. The molecule has 0 bridgehead atoms. The zero-order chi connectivity index (χ0) is 15.6. The lowest BCUT2D eigenvalue weighted by Gasteiger charge is -2.13. The van der Waals surface area contributed by atoms with Gasteiger partial charge in [-0.2, -0.15) is 13.2 Å². The number of rotatable bonds is 2. The van der Waals surface area contributed by atoms with E-state index in [9.17, 15) is 18.0 Å². The van der Waals surface area contributed by atoms with Crippen molar-refractivity contribution in [2.45, 2.75) is 6.18 Å². The van der Waals surface area contributed by atoms with E-state index in [1.807, 2.05) is 0 Å². The molecule has 0 aliphatic heterocycles. The molecule has 0 fully saturated rings. The first-order valence-corrected chi connectivity index (χ1v) is 6.68. The van der Waals surface area contributed by atoms with Crippen LogP contribution in [0.1, 0.15) is 15.9 Å². The molecule has 2 rings (SSSR count). The monoisotopic (exact) mass is 358 g/mol. The van der Waals surface area contributed by atoms with Crippen LogP contribution in [0, 0.1) is 0 Å². The Bertz CT molecular complexity index is 681. The summed E-state index contributed by atoms with van der Waals surface area (Å²) in [6, 6.07) is 10.2. The molecule has 0 atom stereocenters. The van der Waals surface area contributed by atoms with Gasteiger partial charge in [0.1, 0.15) is 0 Å². The van der Waals surface area contributed by atoms with Gasteiger partial charge < -0.3 is 4.74 Å².